The lowest BCUT2D eigenvalue weighted by molar-refractivity contribution is 0.0286. The molecule has 2 rings (SSSR count). The zero-order valence-corrected chi connectivity index (χ0v) is 8.93. The minimum Gasteiger partial charge on any atom is -0.375 e. The predicted octanol–water partition coefficient (Wildman–Crippen LogP) is 1.77. The van der Waals surface area contributed by atoms with Gasteiger partial charge in [-0.25, -0.2) is 0 Å². The minimum absolute atomic E-state index is 0.464. The Kier molecular flexibility index (Phi) is 3.86. The van der Waals surface area contributed by atoms with Crippen LogP contribution in [0.3, 0.4) is 0 Å². The summed E-state index contributed by atoms with van der Waals surface area (Å²) in [7, 11) is 0. The normalized spacial score (nSPS) is 16.6. The van der Waals surface area contributed by atoms with Crippen molar-refractivity contribution in [3.8, 4) is 0 Å². The van der Waals surface area contributed by atoms with Crippen molar-refractivity contribution in [2.45, 2.75) is 11.0 Å². The van der Waals surface area contributed by atoms with Gasteiger partial charge in [0.05, 0.1) is 12.7 Å². The summed E-state index contributed by atoms with van der Waals surface area (Å²) in [6.45, 7) is 2.90. The first-order valence-corrected chi connectivity index (χ1v) is 5.94. The minimum atomic E-state index is 0.464. The summed E-state index contributed by atoms with van der Waals surface area (Å²) in [5.74, 6) is 1.04. The van der Waals surface area contributed by atoms with Gasteiger partial charge in [0.25, 0.3) is 0 Å². The maximum absolute atomic E-state index is 5.62. The topological polar surface area (TPSA) is 21.3 Å². The highest BCUT2D eigenvalue weighted by Gasteiger charge is 2.16. The van der Waals surface area contributed by atoms with Crippen LogP contribution >= 0.6 is 11.8 Å². The average Bonchev–Trinajstić information content (AvgIpc) is 2.16. The van der Waals surface area contributed by atoms with Crippen molar-refractivity contribution in [3.05, 3.63) is 30.3 Å². The fourth-order valence-electron chi connectivity index (χ4n) is 1.27. The Hall–Kier alpha value is -0.510. The summed E-state index contributed by atoms with van der Waals surface area (Å²) < 4.78 is 5.62. The monoisotopic (exact) mass is 209 g/mol. The first-order chi connectivity index (χ1) is 6.95. The smallest absolute Gasteiger partial charge is 0.0823 e. The maximum Gasteiger partial charge on any atom is 0.0823 e. The third-order valence-electron chi connectivity index (χ3n) is 2.19. The quantitative estimate of drug-likeness (QED) is 0.590. The van der Waals surface area contributed by atoms with Gasteiger partial charge in [0.15, 0.2) is 0 Å². The van der Waals surface area contributed by atoms with Crippen LogP contribution in [0.1, 0.15) is 0 Å². The molecule has 0 unspecified atom stereocenters. The number of nitrogens with one attached hydrogen (secondary N) is 1. The third-order valence-corrected chi connectivity index (χ3v) is 3.17. The van der Waals surface area contributed by atoms with E-state index in [1.165, 1.54) is 4.90 Å². The largest absolute Gasteiger partial charge is 0.375 e. The lowest BCUT2D eigenvalue weighted by Crippen LogP contribution is -2.48. The van der Waals surface area contributed by atoms with Gasteiger partial charge in [0.1, 0.15) is 0 Å². The number of hydrogen-bond acceptors (Lipinski definition) is 3. The Morgan fingerprint density at radius 1 is 1.29 bits per heavy atom. The molecule has 1 aliphatic heterocycles. The van der Waals surface area contributed by atoms with Crippen molar-refractivity contribution < 1.29 is 4.74 Å². The fourth-order valence-corrected chi connectivity index (χ4v) is 2.04. The van der Waals surface area contributed by atoms with Gasteiger partial charge in [-0.05, 0) is 12.1 Å². The molecule has 0 spiro atoms. The molecule has 1 aromatic carbocycles. The van der Waals surface area contributed by atoms with Gasteiger partial charge in [0, 0.05) is 23.7 Å². The Labute approximate surface area is 89.0 Å². The summed E-state index contributed by atoms with van der Waals surface area (Å²) in [5.41, 5.74) is 0. The standard InChI is InChI=1S/C11H15NOS/c1-2-4-11(5-3-1)14-7-6-13-10-8-12-9-10/h1-5,10,12H,6-9H2. The van der Waals surface area contributed by atoms with Crippen LogP contribution in [0, 0.1) is 0 Å². The highest BCUT2D eigenvalue weighted by molar-refractivity contribution is 7.99. The number of ether oxygens (including phenoxy) is 1. The van der Waals surface area contributed by atoms with Crippen molar-refractivity contribution in [2.75, 3.05) is 25.4 Å². The van der Waals surface area contributed by atoms with Gasteiger partial charge < -0.3 is 10.1 Å². The van der Waals surface area contributed by atoms with Gasteiger partial charge in [-0.3, -0.25) is 0 Å². The van der Waals surface area contributed by atoms with Crippen molar-refractivity contribution in [3.63, 3.8) is 0 Å². The molecule has 76 valence electrons. The number of hydrogen-bond donors (Lipinski definition) is 1. The summed E-state index contributed by atoms with van der Waals surface area (Å²) >= 11 is 1.85. The molecule has 0 amide bonds. The molecule has 0 aliphatic carbocycles. The Bertz CT molecular complexity index is 261. The van der Waals surface area contributed by atoms with E-state index < -0.39 is 0 Å². The van der Waals surface area contributed by atoms with Crippen LogP contribution in [0.4, 0.5) is 0 Å². The molecule has 0 saturated carbocycles. The lowest BCUT2D eigenvalue weighted by atomic mass is 10.2. The molecular weight excluding hydrogens is 194 g/mol. The highest BCUT2D eigenvalue weighted by atomic mass is 32.2. The third kappa shape index (κ3) is 3.01. The van der Waals surface area contributed by atoms with Crippen LogP contribution in [0.25, 0.3) is 0 Å². The second kappa shape index (κ2) is 5.39. The summed E-state index contributed by atoms with van der Waals surface area (Å²) in [6, 6.07) is 10.4. The van der Waals surface area contributed by atoms with Crippen molar-refractivity contribution in [2.24, 2.45) is 0 Å². The van der Waals surface area contributed by atoms with Crippen LogP contribution in [-0.4, -0.2) is 31.6 Å². The highest BCUT2D eigenvalue weighted by Crippen LogP contribution is 2.16. The van der Waals surface area contributed by atoms with Crippen LogP contribution in [0.5, 0.6) is 0 Å². The van der Waals surface area contributed by atoms with E-state index in [1.54, 1.807) is 0 Å². The van der Waals surface area contributed by atoms with E-state index in [9.17, 15) is 0 Å². The van der Waals surface area contributed by atoms with E-state index >= 15 is 0 Å². The van der Waals surface area contributed by atoms with Gasteiger partial charge in [-0.15, -0.1) is 11.8 Å². The molecule has 0 atom stereocenters. The first kappa shape index (κ1) is 10.0. The summed E-state index contributed by atoms with van der Waals surface area (Å²) in [5, 5.41) is 3.19. The molecule has 1 heterocycles. The molecule has 0 radical (unpaired) electrons. The molecule has 1 aromatic rings. The van der Waals surface area contributed by atoms with Crippen molar-refractivity contribution >= 4 is 11.8 Å². The van der Waals surface area contributed by atoms with Gasteiger partial charge in [-0.2, -0.15) is 0 Å². The van der Waals surface area contributed by atoms with Crippen LogP contribution in [0.2, 0.25) is 0 Å². The van der Waals surface area contributed by atoms with Crippen LogP contribution in [0.15, 0.2) is 35.2 Å². The van der Waals surface area contributed by atoms with Crippen molar-refractivity contribution in [1.82, 2.24) is 5.32 Å². The SMILES string of the molecule is c1ccc(SCCOC2CNC2)cc1. The van der Waals surface area contributed by atoms with E-state index in [0.29, 0.717) is 6.10 Å². The molecule has 0 bridgehead atoms. The average molecular weight is 209 g/mol. The number of benzene rings is 1. The molecule has 2 nitrogen and oxygen atoms in total. The molecule has 1 fully saturated rings. The van der Waals surface area contributed by atoms with E-state index in [0.717, 1.165) is 25.4 Å². The Balaban J connectivity index is 1.58. The Morgan fingerprint density at radius 2 is 2.07 bits per heavy atom. The molecule has 1 N–H and O–H groups in total. The van der Waals surface area contributed by atoms with E-state index in [2.05, 4.69) is 29.6 Å². The van der Waals surface area contributed by atoms with E-state index in [1.807, 2.05) is 17.8 Å². The predicted molar refractivity (Wildman–Crippen MR) is 59.8 cm³/mol. The van der Waals surface area contributed by atoms with Crippen LogP contribution in [-0.2, 0) is 4.74 Å². The van der Waals surface area contributed by atoms with Crippen LogP contribution < -0.4 is 5.32 Å². The fraction of sp³-hybridized carbons (Fsp3) is 0.455. The van der Waals surface area contributed by atoms with Gasteiger partial charge in [-0.1, -0.05) is 18.2 Å². The summed E-state index contributed by atoms with van der Waals surface area (Å²) in [4.78, 5) is 1.32. The molecule has 1 aliphatic rings. The zero-order chi connectivity index (χ0) is 9.64. The lowest BCUT2D eigenvalue weighted by Gasteiger charge is -2.26. The van der Waals surface area contributed by atoms with Gasteiger partial charge >= 0.3 is 0 Å². The maximum atomic E-state index is 5.62. The molecular formula is C11H15NOS. The number of rotatable bonds is 5. The zero-order valence-electron chi connectivity index (χ0n) is 8.11. The summed E-state index contributed by atoms with van der Waals surface area (Å²) in [6.07, 6.45) is 0.464. The van der Waals surface area contributed by atoms with Crippen molar-refractivity contribution in [1.29, 1.82) is 0 Å². The number of thioether (sulfide) groups is 1. The van der Waals surface area contributed by atoms with Gasteiger partial charge in [0.2, 0.25) is 0 Å². The molecule has 14 heavy (non-hydrogen) atoms. The first-order valence-electron chi connectivity index (χ1n) is 4.95. The van der Waals surface area contributed by atoms with E-state index in [-0.39, 0.29) is 0 Å². The molecule has 3 heteroatoms. The van der Waals surface area contributed by atoms with E-state index in [4.69, 9.17) is 4.74 Å². The second-order valence-electron chi connectivity index (χ2n) is 3.31. The Morgan fingerprint density at radius 3 is 2.71 bits per heavy atom. The molecule has 1 saturated heterocycles. The second-order valence-corrected chi connectivity index (χ2v) is 4.48. The molecule has 0 aromatic heterocycles.